The Morgan fingerprint density at radius 1 is 0.578 bits per heavy atom. The summed E-state index contributed by atoms with van der Waals surface area (Å²) in [6, 6.07) is 30.0. The maximum Gasteiger partial charge on any atom is 0.303 e. The lowest BCUT2D eigenvalue weighted by Crippen LogP contribution is -2.60. The van der Waals surface area contributed by atoms with Crippen LogP contribution in [0.2, 0.25) is 0 Å². The third kappa shape index (κ3) is 10.9. The summed E-state index contributed by atoms with van der Waals surface area (Å²) >= 11 is 0. The molecule has 2 aromatic heterocycles. The highest BCUT2D eigenvalue weighted by Gasteiger charge is 2.46. The predicted molar refractivity (Wildman–Crippen MR) is 224 cm³/mol. The van der Waals surface area contributed by atoms with E-state index in [0.717, 1.165) is 33.4 Å². The Hall–Kier alpha value is -6.68. The van der Waals surface area contributed by atoms with Crippen LogP contribution in [0.3, 0.4) is 0 Å². The summed E-state index contributed by atoms with van der Waals surface area (Å²) in [5.41, 5.74) is 5.61. The monoisotopic (exact) mass is 880 g/mol. The zero-order valence-corrected chi connectivity index (χ0v) is 35.2. The number of H-pyrrole nitrogens is 2. The molecule has 0 amide bonds. The largest absolute Gasteiger partial charge is 0.463 e. The van der Waals surface area contributed by atoms with Gasteiger partial charge in [-0.3, -0.25) is 9.59 Å². The van der Waals surface area contributed by atoms with Crippen LogP contribution in [0.4, 0.5) is 0 Å². The van der Waals surface area contributed by atoms with Gasteiger partial charge in [-0.2, -0.15) is 10.4 Å². The van der Waals surface area contributed by atoms with Crippen LogP contribution in [0.25, 0.3) is 45.0 Å². The Balaban J connectivity index is 0.000000195. The summed E-state index contributed by atoms with van der Waals surface area (Å²) in [4.78, 5) is 23.0. The number of carbonyl (C=O) groups is 2. The van der Waals surface area contributed by atoms with Crippen molar-refractivity contribution in [2.45, 2.75) is 76.9 Å². The molecule has 0 aliphatic carbocycles. The molecule has 0 saturated carbocycles. The fourth-order valence-electron chi connectivity index (χ4n) is 7.18. The van der Waals surface area contributed by atoms with E-state index in [2.05, 4.69) is 41.2 Å². The van der Waals surface area contributed by atoms with Crippen LogP contribution in [0.1, 0.15) is 27.7 Å². The van der Waals surface area contributed by atoms with Gasteiger partial charge in [0, 0.05) is 30.9 Å². The molecule has 2 saturated heterocycles. The topological polar surface area (TPSA) is 279 Å². The van der Waals surface area contributed by atoms with E-state index in [9.17, 15) is 30.0 Å². The van der Waals surface area contributed by atoms with Gasteiger partial charge >= 0.3 is 11.9 Å². The first kappa shape index (κ1) is 45.3. The molecule has 20 heteroatoms. The number of ether oxygens (including phenoxy) is 6. The van der Waals surface area contributed by atoms with Crippen molar-refractivity contribution >= 4 is 11.9 Å². The van der Waals surface area contributed by atoms with Crippen molar-refractivity contribution < 1.29 is 58.4 Å². The highest BCUT2D eigenvalue weighted by molar-refractivity contribution is 5.69. The lowest BCUT2D eigenvalue weighted by molar-refractivity contribution is -0.277. The summed E-state index contributed by atoms with van der Waals surface area (Å²) < 4.78 is 33.9. The van der Waals surface area contributed by atoms with Crippen LogP contribution < -0.4 is 9.47 Å². The molecule has 2 fully saturated rings. The van der Waals surface area contributed by atoms with Gasteiger partial charge in [-0.25, -0.2) is 0 Å². The van der Waals surface area contributed by atoms with Gasteiger partial charge in [0.1, 0.15) is 42.5 Å². The Labute approximate surface area is 366 Å². The van der Waals surface area contributed by atoms with Crippen LogP contribution in [-0.4, -0.2) is 136 Å². The Morgan fingerprint density at radius 3 is 1.44 bits per heavy atom. The molecule has 4 aromatic carbocycles. The first-order valence-corrected chi connectivity index (χ1v) is 20.4. The molecular weight excluding hydrogens is 833 g/mol. The molecule has 64 heavy (non-hydrogen) atoms. The van der Waals surface area contributed by atoms with Gasteiger partial charge in [-0.1, -0.05) is 86.6 Å². The Morgan fingerprint density at radius 2 is 1.02 bits per heavy atom. The van der Waals surface area contributed by atoms with E-state index in [0.29, 0.717) is 23.1 Å². The fourth-order valence-corrected chi connectivity index (χ4v) is 7.18. The third-order valence-electron chi connectivity index (χ3n) is 11.0. The molecule has 20 nitrogen and oxygen atoms in total. The Bertz CT molecular complexity index is 2390. The minimum atomic E-state index is -1.48. The molecule has 10 atom stereocenters. The van der Waals surface area contributed by atoms with Gasteiger partial charge in [-0.15, -0.1) is 20.4 Å². The van der Waals surface area contributed by atoms with Crippen molar-refractivity contribution in [2.24, 2.45) is 11.8 Å². The van der Waals surface area contributed by atoms with E-state index in [1.807, 2.05) is 98.8 Å². The first-order chi connectivity index (χ1) is 30.9. The second kappa shape index (κ2) is 20.7. The van der Waals surface area contributed by atoms with Gasteiger partial charge in [-0.05, 0) is 62.9 Å². The van der Waals surface area contributed by atoms with Crippen LogP contribution in [0.15, 0.2) is 97.1 Å². The molecule has 0 bridgehead atoms. The molecule has 6 N–H and O–H groups in total. The van der Waals surface area contributed by atoms with Crippen LogP contribution in [0.5, 0.6) is 11.5 Å². The lowest BCUT2D eigenvalue weighted by Gasteiger charge is -2.43. The van der Waals surface area contributed by atoms with Crippen molar-refractivity contribution in [1.82, 2.24) is 41.2 Å². The summed E-state index contributed by atoms with van der Waals surface area (Å²) in [6.45, 7) is 6.25. The zero-order valence-electron chi connectivity index (χ0n) is 35.2. The summed E-state index contributed by atoms with van der Waals surface area (Å²) in [7, 11) is 0. The predicted octanol–water partition coefficient (Wildman–Crippen LogP) is 3.12. The number of tetrazole rings is 2. The number of carbonyl (C=O) groups excluding carboxylic acids is 2. The van der Waals surface area contributed by atoms with Crippen molar-refractivity contribution in [3.8, 4) is 56.5 Å². The molecule has 4 heterocycles. The molecule has 4 unspecified atom stereocenters. The van der Waals surface area contributed by atoms with Crippen LogP contribution in [0, 0.1) is 11.8 Å². The van der Waals surface area contributed by atoms with Crippen molar-refractivity contribution in [3.05, 3.63) is 97.1 Å². The highest BCUT2D eigenvalue weighted by Crippen LogP contribution is 2.35. The normalized spacial score (nSPS) is 25.3. The molecule has 8 rings (SSSR count). The number of aliphatic hydroxyl groups excluding tert-OH is 4. The first-order valence-electron chi connectivity index (χ1n) is 20.4. The number of aliphatic hydroxyl groups is 4. The maximum absolute atomic E-state index is 11.7. The van der Waals surface area contributed by atoms with Gasteiger partial charge < -0.3 is 48.8 Å². The molecule has 2 aliphatic rings. The van der Waals surface area contributed by atoms with E-state index < -0.39 is 55.7 Å². The van der Waals surface area contributed by atoms with E-state index in [-0.39, 0.29) is 30.5 Å². The molecule has 2 aliphatic heterocycles. The number of esters is 2. The van der Waals surface area contributed by atoms with Crippen molar-refractivity contribution in [2.75, 3.05) is 13.2 Å². The van der Waals surface area contributed by atoms with Crippen molar-refractivity contribution in [1.29, 1.82) is 0 Å². The smallest absolute Gasteiger partial charge is 0.303 e. The van der Waals surface area contributed by atoms with E-state index in [4.69, 9.17) is 28.4 Å². The number of nitrogens with one attached hydrogen (secondary N) is 2. The van der Waals surface area contributed by atoms with Gasteiger partial charge in [0.2, 0.25) is 24.2 Å². The number of hydrogen-bond donors (Lipinski definition) is 6. The van der Waals surface area contributed by atoms with Crippen LogP contribution >= 0.6 is 0 Å². The van der Waals surface area contributed by atoms with E-state index in [1.54, 1.807) is 12.1 Å². The molecule has 0 spiro atoms. The maximum atomic E-state index is 11.7. The second-order valence-corrected chi connectivity index (χ2v) is 15.2. The zero-order chi connectivity index (χ0) is 45.3. The summed E-state index contributed by atoms with van der Waals surface area (Å²) in [5, 5.41) is 66.8. The average molecular weight is 881 g/mol. The lowest BCUT2D eigenvalue weighted by atomic mass is 9.83. The highest BCUT2D eigenvalue weighted by atomic mass is 16.7. The van der Waals surface area contributed by atoms with E-state index >= 15 is 0 Å². The van der Waals surface area contributed by atoms with Gasteiger partial charge in [0.05, 0.1) is 12.7 Å². The molecule has 6 aromatic rings. The standard InChI is InChI=1S/C25H28N4O6.C19H20N4O6/c1-14-15(2)23(33-17(4)31)25(35-22(14)13-32-16(3)30)34-21-11-9-19(10-12-21)18-5-7-20(8-6-18)24-26-28-29-27-24;24-9-14-15(25)16(26)17(27)19(29-14)28-13-7-5-11(6-8-13)10-1-3-12(4-2-10)18-20-22-23-21-18/h5-12,14-15,22-23,25H,13H2,1-4H3,(H,26,27,28,29);1-8,14-17,19,24-27H,9H2,(H,20,21,22,23)/t14-,15-,22?,23?,25-;14?,15-,16+,17?,19+/m01/s1. The average Bonchev–Trinajstić information content (AvgIpc) is 4.06. The van der Waals surface area contributed by atoms with E-state index in [1.165, 1.54) is 13.8 Å². The molecular formula is C44H48N8O12. The van der Waals surface area contributed by atoms with Crippen LogP contribution in [-0.2, 0) is 28.5 Å². The van der Waals surface area contributed by atoms with Gasteiger partial charge in [0.15, 0.2) is 6.10 Å². The fraction of sp³-hybridized carbons (Fsp3) is 0.364. The number of rotatable bonds is 12. The van der Waals surface area contributed by atoms with Gasteiger partial charge in [0.25, 0.3) is 0 Å². The number of hydrogen-bond acceptors (Lipinski definition) is 18. The molecule has 0 radical (unpaired) electrons. The summed E-state index contributed by atoms with van der Waals surface area (Å²) in [6.07, 6.45) is -8.43. The minimum Gasteiger partial charge on any atom is -0.463 e. The Kier molecular flexibility index (Phi) is 14.6. The minimum absolute atomic E-state index is 0.0173. The number of aromatic amines is 2. The number of aromatic nitrogens is 8. The quantitative estimate of drug-likeness (QED) is 0.0963. The number of benzene rings is 4. The third-order valence-corrected chi connectivity index (χ3v) is 11.0. The summed E-state index contributed by atoms with van der Waals surface area (Å²) in [5.74, 6) is 1.13. The molecule has 336 valence electrons. The number of nitrogens with zero attached hydrogens (tertiary/aromatic N) is 6. The SMILES string of the molecule is CC(=O)OCC1O[C@H](Oc2ccc(-c3ccc(-c4nn[nH]n4)cc3)cc2)C(OC(C)=O)[C@@H](C)[C@@H]1C.OCC1O[C@H](Oc2ccc(-c3ccc(-c4nn[nH]n4)cc3)cc2)C(O)[C@@H](O)[C@@H]1O. The second-order valence-electron chi connectivity index (χ2n) is 15.2. The van der Waals surface area contributed by atoms with Crippen molar-refractivity contribution in [3.63, 3.8) is 0 Å².